The van der Waals surface area contributed by atoms with Crippen molar-refractivity contribution in [3.05, 3.63) is 83.7 Å². The lowest BCUT2D eigenvalue weighted by Crippen LogP contribution is -2.07. The summed E-state index contributed by atoms with van der Waals surface area (Å²) in [5, 5.41) is 9.80. The average molecular weight is 334 g/mol. The van der Waals surface area contributed by atoms with E-state index < -0.39 is 5.97 Å². The molecule has 0 amide bonds. The maximum Gasteiger partial charge on any atom is 0.336 e. The summed E-state index contributed by atoms with van der Waals surface area (Å²) in [6.45, 7) is 3.95. The summed E-state index contributed by atoms with van der Waals surface area (Å²) in [6, 6.07) is 19.6. The fourth-order valence-corrected chi connectivity index (χ4v) is 3.01. The Morgan fingerprint density at radius 1 is 0.880 bits per heavy atom. The van der Waals surface area contributed by atoms with Crippen molar-refractivity contribution in [2.24, 2.45) is 0 Å². The minimum atomic E-state index is -0.970. The van der Waals surface area contributed by atoms with Crippen LogP contribution >= 0.6 is 0 Å². The molecule has 0 unspecified atom stereocenters. The van der Waals surface area contributed by atoms with Crippen molar-refractivity contribution in [3.63, 3.8) is 0 Å². The van der Waals surface area contributed by atoms with Gasteiger partial charge in [-0.1, -0.05) is 56.3 Å². The second kappa shape index (κ2) is 6.89. The molecule has 3 aromatic carbocycles. The van der Waals surface area contributed by atoms with Gasteiger partial charge in [0.25, 0.3) is 0 Å². The van der Waals surface area contributed by atoms with Crippen LogP contribution in [0.1, 0.15) is 35.7 Å². The van der Waals surface area contributed by atoms with Gasteiger partial charge in [0.05, 0.1) is 5.56 Å². The third-order valence-electron chi connectivity index (χ3n) is 4.27. The van der Waals surface area contributed by atoms with Crippen LogP contribution in [0.2, 0.25) is 0 Å². The van der Waals surface area contributed by atoms with E-state index >= 15 is 0 Å². The number of hydrogen-bond acceptors (Lipinski definition) is 1. The first kappa shape index (κ1) is 16.9. The number of rotatable bonds is 4. The minimum Gasteiger partial charge on any atom is -0.478 e. The van der Waals surface area contributed by atoms with Crippen LogP contribution < -0.4 is 0 Å². The lowest BCUT2D eigenvalue weighted by Gasteiger charge is -2.17. The highest BCUT2D eigenvalue weighted by atomic mass is 19.1. The number of carboxylic acid groups (broad SMARTS) is 1. The number of benzene rings is 3. The summed E-state index contributed by atoms with van der Waals surface area (Å²) in [5.74, 6) is -1.26. The quantitative estimate of drug-likeness (QED) is 0.637. The van der Waals surface area contributed by atoms with Crippen molar-refractivity contribution in [2.45, 2.75) is 19.8 Å². The van der Waals surface area contributed by atoms with Gasteiger partial charge in [-0.3, -0.25) is 0 Å². The summed E-state index contributed by atoms with van der Waals surface area (Å²) in [7, 11) is 0. The first-order valence-electron chi connectivity index (χ1n) is 8.20. The lowest BCUT2D eigenvalue weighted by molar-refractivity contribution is 0.0696. The Bertz CT molecular complexity index is 897. The third-order valence-corrected chi connectivity index (χ3v) is 4.27. The molecule has 3 rings (SSSR count). The summed E-state index contributed by atoms with van der Waals surface area (Å²) in [5.41, 5.74) is 4.32. The van der Waals surface area contributed by atoms with Crippen molar-refractivity contribution < 1.29 is 14.3 Å². The number of halogens is 1. The first-order valence-corrected chi connectivity index (χ1v) is 8.20. The van der Waals surface area contributed by atoms with E-state index in [0.29, 0.717) is 11.1 Å². The van der Waals surface area contributed by atoms with Crippen molar-refractivity contribution in [3.8, 4) is 22.3 Å². The highest BCUT2D eigenvalue weighted by Gasteiger charge is 2.20. The van der Waals surface area contributed by atoms with Crippen molar-refractivity contribution in [2.75, 3.05) is 0 Å². The third kappa shape index (κ3) is 3.45. The van der Waals surface area contributed by atoms with E-state index in [9.17, 15) is 14.3 Å². The van der Waals surface area contributed by atoms with E-state index in [1.807, 2.05) is 56.3 Å². The van der Waals surface area contributed by atoms with Crippen LogP contribution in [0.4, 0.5) is 4.39 Å². The van der Waals surface area contributed by atoms with Crippen LogP contribution in [0, 0.1) is 5.82 Å². The molecule has 0 saturated carbocycles. The standard InChI is InChI=1S/C22H19FO2/c1-14(2)19-12-17(15-6-4-3-5-7-15)13-20(21(19)22(24)25)16-8-10-18(23)11-9-16/h3-14H,1-2H3,(H,24,25). The molecule has 3 aromatic rings. The Morgan fingerprint density at radius 3 is 2.08 bits per heavy atom. The lowest BCUT2D eigenvalue weighted by atomic mass is 9.86. The molecule has 1 N–H and O–H groups in total. The molecule has 0 atom stereocenters. The highest BCUT2D eigenvalue weighted by molar-refractivity contribution is 5.99. The zero-order valence-electron chi connectivity index (χ0n) is 14.2. The molecule has 25 heavy (non-hydrogen) atoms. The molecule has 3 heteroatoms. The maximum absolute atomic E-state index is 13.3. The molecular weight excluding hydrogens is 315 g/mol. The molecule has 0 aliphatic heterocycles. The normalized spacial score (nSPS) is 10.9. The van der Waals surface area contributed by atoms with Gasteiger partial charge in [-0.05, 0) is 58.0 Å². The fraction of sp³-hybridized carbons (Fsp3) is 0.136. The Kier molecular flexibility index (Phi) is 4.66. The number of carboxylic acids is 1. The van der Waals surface area contributed by atoms with Crippen molar-refractivity contribution in [1.29, 1.82) is 0 Å². The number of aromatic carboxylic acids is 1. The van der Waals surface area contributed by atoms with Gasteiger partial charge in [0.2, 0.25) is 0 Å². The van der Waals surface area contributed by atoms with Gasteiger partial charge in [0, 0.05) is 0 Å². The summed E-state index contributed by atoms with van der Waals surface area (Å²) < 4.78 is 13.3. The summed E-state index contributed by atoms with van der Waals surface area (Å²) in [6.07, 6.45) is 0. The molecule has 126 valence electrons. The first-order chi connectivity index (χ1) is 12.0. The van der Waals surface area contributed by atoms with Crippen LogP contribution in [-0.4, -0.2) is 11.1 Å². The molecule has 0 saturated heterocycles. The van der Waals surface area contributed by atoms with Crippen molar-refractivity contribution in [1.82, 2.24) is 0 Å². The van der Waals surface area contributed by atoms with Gasteiger partial charge >= 0.3 is 5.97 Å². The topological polar surface area (TPSA) is 37.3 Å². The van der Waals surface area contributed by atoms with Gasteiger partial charge in [-0.25, -0.2) is 9.18 Å². The van der Waals surface area contributed by atoms with E-state index in [0.717, 1.165) is 16.7 Å². The van der Waals surface area contributed by atoms with Gasteiger partial charge in [0.15, 0.2) is 0 Å². The van der Waals surface area contributed by atoms with Crippen LogP contribution in [0.15, 0.2) is 66.7 Å². The molecule has 0 radical (unpaired) electrons. The zero-order chi connectivity index (χ0) is 18.0. The molecule has 0 heterocycles. The average Bonchev–Trinajstić information content (AvgIpc) is 2.61. The predicted molar refractivity (Wildman–Crippen MR) is 98.3 cm³/mol. The zero-order valence-corrected chi connectivity index (χ0v) is 14.2. The molecule has 0 aliphatic rings. The van der Waals surface area contributed by atoms with E-state index in [4.69, 9.17) is 0 Å². The number of carbonyl (C=O) groups is 1. The molecule has 0 spiro atoms. The predicted octanol–water partition coefficient (Wildman–Crippen LogP) is 5.98. The largest absolute Gasteiger partial charge is 0.478 e. The Morgan fingerprint density at radius 2 is 1.52 bits per heavy atom. The monoisotopic (exact) mass is 334 g/mol. The second-order valence-electron chi connectivity index (χ2n) is 6.32. The second-order valence-corrected chi connectivity index (χ2v) is 6.32. The van der Waals surface area contributed by atoms with Gasteiger partial charge in [0.1, 0.15) is 5.82 Å². The molecule has 2 nitrogen and oxygen atoms in total. The summed E-state index contributed by atoms with van der Waals surface area (Å²) in [4.78, 5) is 12.0. The molecule has 0 aliphatic carbocycles. The molecule has 0 bridgehead atoms. The minimum absolute atomic E-state index is 0.0500. The Balaban J connectivity index is 2.31. The molecule has 0 fully saturated rings. The smallest absolute Gasteiger partial charge is 0.336 e. The van der Waals surface area contributed by atoms with Gasteiger partial charge in [-0.2, -0.15) is 0 Å². The molecular formula is C22H19FO2. The van der Waals surface area contributed by atoms with Crippen LogP contribution in [-0.2, 0) is 0 Å². The Labute approximate surface area is 146 Å². The van der Waals surface area contributed by atoms with Crippen LogP contribution in [0.25, 0.3) is 22.3 Å². The van der Waals surface area contributed by atoms with Crippen LogP contribution in [0.5, 0.6) is 0 Å². The van der Waals surface area contributed by atoms with Gasteiger partial charge < -0.3 is 5.11 Å². The van der Waals surface area contributed by atoms with E-state index in [-0.39, 0.29) is 17.3 Å². The fourth-order valence-electron chi connectivity index (χ4n) is 3.01. The van der Waals surface area contributed by atoms with Crippen molar-refractivity contribution >= 4 is 5.97 Å². The highest BCUT2D eigenvalue weighted by Crippen LogP contribution is 2.35. The maximum atomic E-state index is 13.3. The SMILES string of the molecule is CC(C)c1cc(-c2ccccc2)cc(-c2ccc(F)cc2)c1C(=O)O. The number of hydrogen-bond donors (Lipinski definition) is 1. The molecule has 0 aromatic heterocycles. The Hall–Kier alpha value is -2.94. The van der Waals surface area contributed by atoms with E-state index in [1.54, 1.807) is 12.1 Å². The van der Waals surface area contributed by atoms with Crippen LogP contribution in [0.3, 0.4) is 0 Å². The van der Waals surface area contributed by atoms with E-state index in [2.05, 4.69) is 0 Å². The van der Waals surface area contributed by atoms with Gasteiger partial charge in [-0.15, -0.1) is 0 Å². The van der Waals surface area contributed by atoms with E-state index in [1.165, 1.54) is 12.1 Å². The summed E-state index contributed by atoms with van der Waals surface area (Å²) >= 11 is 0.